The number of hydrogen-bond acceptors (Lipinski definition) is 3. The summed E-state index contributed by atoms with van der Waals surface area (Å²) in [5.74, 6) is 0.825. The van der Waals surface area contributed by atoms with Crippen LogP contribution in [0.15, 0.2) is 30.3 Å². The summed E-state index contributed by atoms with van der Waals surface area (Å²) in [7, 11) is 0. The molecule has 1 aromatic carbocycles. The number of nitrogens with one attached hydrogen (secondary N) is 1. The van der Waals surface area contributed by atoms with Gasteiger partial charge in [-0.15, -0.1) is 0 Å². The highest BCUT2D eigenvalue weighted by Crippen LogP contribution is 2.22. The van der Waals surface area contributed by atoms with Gasteiger partial charge in [0.15, 0.2) is 5.82 Å². The summed E-state index contributed by atoms with van der Waals surface area (Å²) in [5, 5.41) is 3.53. The summed E-state index contributed by atoms with van der Waals surface area (Å²) in [6, 6.07) is 10.9. The summed E-state index contributed by atoms with van der Waals surface area (Å²) in [6.07, 6.45) is 2.61. The van der Waals surface area contributed by atoms with Crippen molar-refractivity contribution in [3.8, 4) is 11.4 Å². The predicted octanol–water partition coefficient (Wildman–Crippen LogP) is 3.01. The largest absolute Gasteiger partial charge is 0.310 e. The Hall–Kier alpha value is -1.74. The van der Waals surface area contributed by atoms with Gasteiger partial charge in [-0.2, -0.15) is 0 Å². The number of aryl methyl sites for hydroxylation is 2. The fourth-order valence-corrected chi connectivity index (χ4v) is 2.25. The third-order valence-corrected chi connectivity index (χ3v) is 3.60. The molecule has 98 valence electrons. The highest BCUT2D eigenvalue weighted by molar-refractivity contribution is 5.55. The van der Waals surface area contributed by atoms with Gasteiger partial charge < -0.3 is 5.32 Å². The van der Waals surface area contributed by atoms with E-state index in [2.05, 4.69) is 41.3 Å². The SMILES string of the molecule is Cc1nc(-c2ccccc2)nc(C)c1CNC1CC1. The first-order valence-electron chi connectivity index (χ1n) is 6.87. The first-order chi connectivity index (χ1) is 9.24. The van der Waals surface area contributed by atoms with Crippen LogP contribution >= 0.6 is 0 Å². The van der Waals surface area contributed by atoms with Crippen molar-refractivity contribution in [1.29, 1.82) is 0 Å². The molecule has 1 aromatic heterocycles. The van der Waals surface area contributed by atoms with Crippen molar-refractivity contribution >= 4 is 0 Å². The highest BCUT2D eigenvalue weighted by Gasteiger charge is 2.21. The van der Waals surface area contributed by atoms with Gasteiger partial charge in [0.25, 0.3) is 0 Å². The van der Waals surface area contributed by atoms with E-state index in [1.54, 1.807) is 0 Å². The maximum Gasteiger partial charge on any atom is 0.159 e. The fourth-order valence-electron chi connectivity index (χ4n) is 2.25. The molecule has 3 nitrogen and oxygen atoms in total. The van der Waals surface area contributed by atoms with Crippen molar-refractivity contribution in [3.05, 3.63) is 47.3 Å². The van der Waals surface area contributed by atoms with Gasteiger partial charge in [-0.1, -0.05) is 30.3 Å². The number of rotatable bonds is 4. The third-order valence-electron chi connectivity index (χ3n) is 3.60. The molecular formula is C16H19N3. The second-order valence-electron chi connectivity index (χ2n) is 5.22. The topological polar surface area (TPSA) is 37.8 Å². The molecule has 0 spiro atoms. The van der Waals surface area contributed by atoms with Crippen molar-refractivity contribution in [2.45, 2.75) is 39.3 Å². The van der Waals surface area contributed by atoms with E-state index < -0.39 is 0 Å². The standard InChI is InChI=1S/C16H19N3/c1-11-15(10-17-14-8-9-14)12(2)19-16(18-11)13-6-4-3-5-7-13/h3-7,14,17H,8-10H2,1-2H3. The van der Waals surface area contributed by atoms with E-state index in [-0.39, 0.29) is 0 Å². The molecule has 19 heavy (non-hydrogen) atoms. The Morgan fingerprint density at radius 1 is 1.05 bits per heavy atom. The minimum atomic E-state index is 0.715. The lowest BCUT2D eigenvalue weighted by molar-refractivity contribution is 0.675. The highest BCUT2D eigenvalue weighted by atomic mass is 15.0. The quantitative estimate of drug-likeness (QED) is 0.910. The van der Waals surface area contributed by atoms with Crippen LogP contribution in [-0.2, 0) is 6.54 Å². The van der Waals surface area contributed by atoms with Crippen LogP contribution in [-0.4, -0.2) is 16.0 Å². The van der Waals surface area contributed by atoms with E-state index in [1.165, 1.54) is 18.4 Å². The lowest BCUT2D eigenvalue weighted by Crippen LogP contribution is -2.18. The fraction of sp³-hybridized carbons (Fsp3) is 0.375. The van der Waals surface area contributed by atoms with Gasteiger partial charge in [0.2, 0.25) is 0 Å². The van der Waals surface area contributed by atoms with E-state index in [1.807, 2.05) is 18.2 Å². The zero-order valence-electron chi connectivity index (χ0n) is 11.5. The van der Waals surface area contributed by atoms with Gasteiger partial charge in [-0.3, -0.25) is 0 Å². The molecule has 1 heterocycles. The van der Waals surface area contributed by atoms with E-state index in [4.69, 9.17) is 0 Å². The zero-order valence-corrected chi connectivity index (χ0v) is 11.5. The molecule has 1 saturated carbocycles. The van der Waals surface area contributed by atoms with E-state index in [0.717, 1.165) is 29.3 Å². The van der Waals surface area contributed by atoms with Gasteiger partial charge in [0.05, 0.1) is 0 Å². The Kier molecular flexibility index (Phi) is 3.30. The van der Waals surface area contributed by atoms with Gasteiger partial charge in [-0.25, -0.2) is 9.97 Å². The van der Waals surface area contributed by atoms with E-state index in [9.17, 15) is 0 Å². The molecule has 0 bridgehead atoms. The Morgan fingerprint density at radius 2 is 1.68 bits per heavy atom. The summed E-state index contributed by atoms with van der Waals surface area (Å²) < 4.78 is 0. The van der Waals surface area contributed by atoms with Crippen LogP contribution in [0.2, 0.25) is 0 Å². The van der Waals surface area contributed by atoms with Gasteiger partial charge in [0, 0.05) is 35.1 Å². The Morgan fingerprint density at radius 3 is 2.26 bits per heavy atom. The lowest BCUT2D eigenvalue weighted by atomic mass is 10.1. The van der Waals surface area contributed by atoms with Crippen LogP contribution in [0.1, 0.15) is 29.8 Å². The second-order valence-corrected chi connectivity index (χ2v) is 5.22. The average molecular weight is 253 g/mol. The van der Waals surface area contributed by atoms with Gasteiger partial charge in [0.1, 0.15) is 0 Å². The first-order valence-corrected chi connectivity index (χ1v) is 6.87. The minimum Gasteiger partial charge on any atom is -0.310 e. The number of aromatic nitrogens is 2. The van der Waals surface area contributed by atoms with Gasteiger partial charge >= 0.3 is 0 Å². The molecular weight excluding hydrogens is 234 g/mol. The molecule has 1 aliphatic rings. The van der Waals surface area contributed by atoms with E-state index in [0.29, 0.717) is 6.04 Å². The second kappa shape index (κ2) is 5.10. The molecule has 0 amide bonds. The average Bonchev–Trinajstić information content (AvgIpc) is 3.23. The molecule has 1 N–H and O–H groups in total. The molecule has 3 heteroatoms. The van der Waals surface area contributed by atoms with Crippen LogP contribution in [0.25, 0.3) is 11.4 Å². The number of benzene rings is 1. The molecule has 1 fully saturated rings. The normalized spacial score (nSPS) is 14.6. The van der Waals surface area contributed by atoms with Crippen LogP contribution in [0, 0.1) is 13.8 Å². The number of hydrogen-bond donors (Lipinski definition) is 1. The summed E-state index contributed by atoms with van der Waals surface area (Å²) in [6.45, 7) is 5.04. The molecule has 1 aliphatic carbocycles. The van der Waals surface area contributed by atoms with Gasteiger partial charge in [-0.05, 0) is 26.7 Å². The van der Waals surface area contributed by atoms with Crippen LogP contribution < -0.4 is 5.32 Å². The van der Waals surface area contributed by atoms with Crippen molar-refractivity contribution in [3.63, 3.8) is 0 Å². The summed E-state index contributed by atoms with van der Waals surface area (Å²) >= 11 is 0. The Balaban J connectivity index is 1.88. The molecule has 0 saturated heterocycles. The summed E-state index contributed by atoms with van der Waals surface area (Å²) in [4.78, 5) is 9.30. The molecule has 0 atom stereocenters. The molecule has 2 aromatic rings. The molecule has 0 aliphatic heterocycles. The summed E-state index contributed by atoms with van der Waals surface area (Å²) in [5.41, 5.74) is 4.49. The molecule has 3 rings (SSSR count). The van der Waals surface area contributed by atoms with Crippen LogP contribution in [0.4, 0.5) is 0 Å². The zero-order chi connectivity index (χ0) is 13.2. The van der Waals surface area contributed by atoms with Crippen molar-refractivity contribution < 1.29 is 0 Å². The Bertz CT molecular complexity index is 551. The maximum atomic E-state index is 4.65. The smallest absolute Gasteiger partial charge is 0.159 e. The molecule has 0 radical (unpaired) electrons. The third kappa shape index (κ3) is 2.82. The van der Waals surface area contributed by atoms with Crippen molar-refractivity contribution in [2.24, 2.45) is 0 Å². The van der Waals surface area contributed by atoms with Crippen molar-refractivity contribution in [2.75, 3.05) is 0 Å². The van der Waals surface area contributed by atoms with Crippen LogP contribution in [0.5, 0.6) is 0 Å². The van der Waals surface area contributed by atoms with Crippen LogP contribution in [0.3, 0.4) is 0 Å². The monoisotopic (exact) mass is 253 g/mol. The maximum absolute atomic E-state index is 4.65. The first kappa shape index (κ1) is 12.3. The van der Waals surface area contributed by atoms with E-state index >= 15 is 0 Å². The minimum absolute atomic E-state index is 0.715. The predicted molar refractivity (Wildman–Crippen MR) is 76.8 cm³/mol. The van der Waals surface area contributed by atoms with Crippen molar-refractivity contribution in [1.82, 2.24) is 15.3 Å². The number of nitrogens with zero attached hydrogens (tertiary/aromatic N) is 2. The lowest BCUT2D eigenvalue weighted by Gasteiger charge is -2.11. The molecule has 0 unspecified atom stereocenters. The Labute approximate surface area is 114 Å².